The molecule has 0 heterocycles. The monoisotopic (exact) mass is 346 g/mol. The van der Waals surface area contributed by atoms with E-state index in [1.165, 1.54) is 12.1 Å². The van der Waals surface area contributed by atoms with Gasteiger partial charge < -0.3 is 9.84 Å². The van der Waals surface area contributed by atoms with Crippen LogP contribution in [0.5, 0.6) is 0 Å². The summed E-state index contributed by atoms with van der Waals surface area (Å²) < 4.78 is 5.48. The van der Waals surface area contributed by atoms with Crippen LogP contribution in [0.3, 0.4) is 0 Å². The molecular formula is C16H20Cl2O4. The molecule has 6 heteroatoms. The summed E-state index contributed by atoms with van der Waals surface area (Å²) in [5.41, 5.74) is -0.290. The molecule has 22 heavy (non-hydrogen) atoms. The van der Waals surface area contributed by atoms with Crippen molar-refractivity contribution >= 4 is 35.1 Å². The quantitative estimate of drug-likeness (QED) is 0.700. The number of carboxylic acids is 1. The number of unbranched alkanes of at least 4 members (excludes halogenated alkanes) is 1. The highest BCUT2D eigenvalue weighted by atomic mass is 35.5. The van der Waals surface area contributed by atoms with Gasteiger partial charge in [0.15, 0.2) is 0 Å². The Morgan fingerprint density at radius 2 is 1.73 bits per heavy atom. The van der Waals surface area contributed by atoms with Gasteiger partial charge in [-0.15, -0.1) is 0 Å². The lowest BCUT2D eigenvalue weighted by Gasteiger charge is -2.21. The van der Waals surface area contributed by atoms with Crippen LogP contribution in [0.15, 0.2) is 12.1 Å². The predicted octanol–water partition coefficient (Wildman–Crippen LogP) is 5.06. The lowest BCUT2D eigenvalue weighted by atomic mass is 10.0. The minimum Gasteiger partial charge on any atom is -0.478 e. The van der Waals surface area contributed by atoms with Gasteiger partial charge in [0, 0.05) is 0 Å². The van der Waals surface area contributed by atoms with Crippen LogP contribution >= 0.6 is 23.2 Å². The molecule has 0 aliphatic rings. The molecule has 1 rings (SSSR count). The van der Waals surface area contributed by atoms with Gasteiger partial charge in [0.05, 0.1) is 21.2 Å². The molecule has 1 N–H and O–H groups in total. The van der Waals surface area contributed by atoms with E-state index in [4.69, 9.17) is 27.9 Å². The summed E-state index contributed by atoms with van der Waals surface area (Å²) in [7, 11) is 0. The molecule has 1 aromatic rings. The van der Waals surface area contributed by atoms with E-state index >= 15 is 0 Å². The number of halogens is 2. The number of ether oxygens (including phenoxy) is 1. The number of benzene rings is 1. The molecule has 122 valence electrons. The third-order valence-electron chi connectivity index (χ3n) is 3.35. The average molecular weight is 347 g/mol. The summed E-state index contributed by atoms with van der Waals surface area (Å²) in [6.07, 6.45) is 2.41. The van der Waals surface area contributed by atoms with Gasteiger partial charge in [0.25, 0.3) is 0 Å². The molecule has 0 saturated carbocycles. The molecule has 0 spiro atoms. The van der Waals surface area contributed by atoms with E-state index in [0.29, 0.717) is 0 Å². The molecule has 0 fully saturated rings. The van der Waals surface area contributed by atoms with Gasteiger partial charge in [-0.3, -0.25) is 0 Å². The largest absolute Gasteiger partial charge is 0.478 e. The van der Waals surface area contributed by atoms with Crippen LogP contribution in [-0.4, -0.2) is 23.1 Å². The first-order chi connectivity index (χ1) is 10.3. The van der Waals surface area contributed by atoms with Crippen LogP contribution in [0.4, 0.5) is 0 Å². The van der Waals surface area contributed by atoms with Crippen LogP contribution in [0.2, 0.25) is 10.0 Å². The summed E-state index contributed by atoms with van der Waals surface area (Å²) in [5, 5.41) is 9.41. The van der Waals surface area contributed by atoms with Crippen LogP contribution in [0.25, 0.3) is 0 Å². The van der Waals surface area contributed by atoms with E-state index in [1.807, 2.05) is 13.8 Å². The van der Waals surface area contributed by atoms with Crippen molar-refractivity contribution in [2.75, 3.05) is 0 Å². The maximum Gasteiger partial charge on any atom is 0.339 e. The second kappa shape index (κ2) is 8.39. The number of aromatic carboxylic acids is 1. The predicted molar refractivity (Wildman–Crippen MR) is 87.0 cm³/mol. The van der Waals surface area contributed by atoms with Crippen molar-refractivity contribution in [3.8, 4) is 0 Å². The van der Waals surface area contributed by atoms with E-state index in [-0.39, 0.29) is 33.2 Å². The lowest BCUT2D eigenvalue weighted by Crippen LogP contribution is -2.25. The molecule has 4 nitrogen and oxygen atoms in total. The summed E-state index contributed by atoms with van der Waals surface area (Å²) >= 11 is 11.7. The molecule has 0 aliphatic carbocycles. The number of carbonyl (C=O) groups is 2. The standard InChI is InChI=1S/C16H20Cl2O4/c1-4-5-6-14(9(2)3)22-16(21)11-8-13(18)12(17)7-10(11)15(19)20/h7-9,14H,4-6H2,1-3H3,(H,19,20). The van der Waals surface area contributed by atoms with Crippen LogP contribution < -0.4 is 0 Å². The second-order valence-electron chi connectivity index (χ2n) is 5.45. The molecular weight excluding hydrogens is 327 g/mol. The van der Waals surface area contributed by atoms with E-state index in [2.05, 4.69) is 6.92 Å². The zero-order valence-corrected chi connectivity index (χ0v) is 14.4. The van der Waals surface area contributed by atoms with Crippen molar-refractivity contribution in [1.29, 1.82) is 0 Å². The van der Waals surface area contributed by atoms with Crippen LogP contribution in [-0.2, 0) is 4.74 Å². The van der Waals surface area contributed by atoms with E-state index in [0.717, 1.165) is 19.3 Å². The van der Waals surface area contributed by atoms with Crippen molar-refractivity contribution in [3.63, 3.8) is 0 Å². The second-order valence-corrected chi connectivity index (χ2v) is 6.26. The first kappa shape index (κ1) is 18.8. The number of hydrogen-bond donors (Lipinski definition) is 1. The number of rotatable bonds is 7. The molecule has 1 unspecified atom stereocenters. The Morgan fingerprint density at radius 1 is 1.18 bits per heavy atom. The van der Waals surface area contributed by atoms with Gasteiger partial charge in [-0.05, 0) is 24.5 Å². The minimum atomic E-state index is -1.25. The number of carbonyl (C=O) groups excluding carboxylic acids is 1. The van der Waals surface area contributed by atoms with Gasteiger partial charge in [-0.1, -0.05) is 56.8 Å². The van der Waals surface area contributed by atoms with Crippen LogP contribution in [0, 0.1) is 5.92 Å². The van der Waals surface area contributed by atoms with Crippen molar-refractivity contribution < 1.29 is 19.4 Å². The summed E-state index contributed by atoms with van der Waals surface area (Å²) in [4.78, 5) is 23.6. The maximum absolute atomic E-state index is 12.3. The summed E-state index contributed by atoms with van der Waals surface area (Å²) in [5.74, 6) is -1.79. The number of esters is 1. The highest BCUT2D eigenvalue weighted by Gasteiger charge is 2.24. The molecule has 0 aromatic heterocycles. The van der Waals surface area contributed by atoms with Crippen molar-refractivity contribution in [2.45, 2.75) is 46.1 Å². The van der Waals surface area contributed by atoms with Gasteiger partial charge >= 0.3 is 11.9 Å². The average Bonchev–Trinajstić information content (AvgIpc) is 2.44. The Kier molecular flexibility index (Phi) is 7.17. The summed E-state index contributed by atoms with van der Waals surface area (Å²) in [6.45, 7) is 5.97. The fourth-order valence-electron chi connectivity index (χ4n) is 2.03. The minimum absolute atomic E-state index is 0.0796. The van der Waals surface area contributed by atoms with E-state index in [9.17, 15) is 14.7 Å². The number of carboxylic acid groups (broad SMARTS) is 1. The fourth-order valence-corrected chi connectivity index (χ4v) is 2.35. The molecule has 0 saturated heterocycles. The Balaban J connectivity index is 3.06. The van der Waals surface area contributed by atoms with Gasteiger partial charge in [0.1, 0.15) is 6.10 Å². The Morgan fingerprint density at radius 3 is 2.18 bits per heavy atom. The third kappa shape index (κ3) is 4.89. The smallest absolute Gasteiger partial charge is 0.339 e. The van der Waals surface area contributed by atoms with Crippen molar-refractivity contribution in [1.82, 2.24) is 0 Å². The molecule has 0 radical (unpaired) electrons. The lowest BCUT2D eigenvalue weighted by molar-refractivity contribution is 0.0149. The first-order valence-corrected chi connectivity index (χ1v) is 7.96. The molecule has 1 aromatic carbocycles. The summed E-state index contributed by atoms with van der Waals surface area (Å²) in [6, 6.07) is 2.41. The first-order valence-electron chi connectivity index (χ1n) is 7.21. The Hall–Kier alpha value is -1.26. The number of hydrogen-bond acceptors (Lipinski definition) is 3. The topological polar surface area (TPSA) is 63.6 Å². The SMILES string of the molecule is CCCCC(OC(=O)c1cc(Cl)c(Cl)cc1C(=O)O)C(C)C. The highest BCUT2D eigenvalue weighted by molar-refractivity contribution is 6.42. The van der Waals surface area contributed by atoms with Crippen molar-refractivity contribution in [3.05, 3.63) is 33.3 Å². The molecule has 0 amide bonds. The molecule has 1 atom stereocenters. The Bertz CT molecular complexity index is 555. The normalized spacial score (nSPS) is 12.3. The zero-order valence-electron chi connectivity index (χ0n) is 12.9. The highest BCUT2D eigenvalue weighted by Crippen LogP contribution is 2.27. The van der Waals surface area contributed by atoms with E-state index < -0.39 is 11.9 Å². The van der Waals surface area contributed by atoms with Gasteiger partial charge in [0.2, 0.25) is 0 Å². The van der Waals surface area contributed by atoms with Crippen LogP contribution in [0.1, 0.15) is 60.7 Å². The van der Waals surface area contributed by atoms with Gasteiger partial charge in [-0.2, -0.15) is 0 Å². The van der Waals surface area contributed by atoms with Gasteiger partial charge in [-0.25, -0.2) is 9.59 Å². The molecule has 0 aliphatic heterocycles. The maximum atomic E-state index is 12.3. The third-order valence-corrected chi connectivity index (χ3v) is 4.08. The van der Waals surface area contributed by atoms with Crippen molar-refractivity contribution in [2.24, 2.45) is 5.92 Å². The molecule has 0 bridgehead atoms. The fraction of sp³-hybridized carbons (Fsp3) is 0.500. The Labute approximate surface area is 140 Å². The zero-order chi connectivity index (χ0) is 16.9. The van der Waals surface area contributed by atoms with E-state index in [1.54, 1.807) is 0 Å².